The van der Waals surface area contributed by atoms with Crippen LogP contribution in [0.2, 0.25) is 5.02 Å². The predicted molar refractivity (Wildman–Crippen MR) is 144 cm³/mol. The molecule has 7 heteroatoms. The Labute approximate surface area is 221 Å². The number of amides is 1. The maximum Gasteiger partial charge on any atom is 0.416 e. The van der Waals surface area contributed by atoms with Crippen molar-refractivity contribution in [2.45, 2.75) is 38.3 Å². The number of benzene rings is 3. The van der Waals surface area contributed by atoms with Crippen molar-refractivity contribution in [2.75, 3.05) is 19.8 Å². The van der Waals surface area contributed by atoms with Crippen molar-refractivity contribution in [3.8, 4) is 11.5 Å². The highest BCUT2D eigenvalue weighted by atomic mass is 35.5. The Morgan fingerprint density at radius 1 is 1.00 bits per heavy atom. The second-order valence-electron chi connectivity index (χ2n) is 9.73. The van der Waals surface area contributed by atoms with Gasteiger partial charge in [0.25, 0.3) is 0 Å². The van der Waals surface area contributed by atoms with Crippen LogP contribution in [-0.2, 0) is 11.2 Å². The van der Waals surface area contributed by atoms with Crippen LogP contribution in [0.5, 0.6) is 11.5 Å². The SMILES string of the molecule is Cc1ccc(OC(=O)N2CCc3c([nH]c4ccc(Cl)cc34)[C@@H]2c2ccc(OC3CCOCC3)cc2)cc1. The van der Waals surface area contributed by atoms with Gasteiger partial charge in [-0.15, -0.1) is 0 Å². The monoisotopic (exact) mass is 516 g/mol. The maximum atomic E-state index is 13.5. The third kappa shape index (κ3) is 4.91. The number of halogens is 1. The van der Waals surface area contributed by atoms with E-state index in [1.54, 1.807) is 4.90 Å². The molecule has 1 aromatic heterocycles. The van der Waals surface area contributed by atoms with E-state index in [0.29, 0.717) is 23.7 Å². The molecule has 6 rings (SSSR count). The van der Waals surface area contributed by atoms with Crippen molar-refractivity contribution in [1.29, 1.82) is 0 Å². The standard InChI is InChI=1S/C30H29ClN2O4/c1-19-2-7-23(8-3-19)37-30(34)33-15-12-25-26-18-21(31)6-11-27(26)32-28(25)29(33)20-4-9-22(10-5-20)36-24-13-16-35-17-14-24/h2-11,18,24,29,32H,12-17H2,1H3/t29-/m0/s1. The molecule has 0 bridgehead atoms. The third-order valence-corrected chi connectivity index (χ3v) is 7.45. The second kappa shape index (κ2) is 10.1. The largest absolute Gasteiger partial charge is 0.490 e. The number of H-pyrrole nitrogens is 1. The van der Waals surface area contributed by atoms with Crippen molar-refractivity contribution in [3.63, 3.8) is 0 Å². The van der Waals surface area contributed by atoms with Gasteiger partial charge in [-0.2, -0.15) is 0 Å². The van der Waals surface area contributed by atoms with E-state index in [-0.39, 0.29) is 18.2 Å². The lowest BCUT2D eigenvalue weighted by Crippen LogP contribution is -2.42. The van der Waals surface area contributed by atoms with E-state index in [0.717, 1.165) is 59.5 Å². The fourth-order valence-electron chi connectivity index (χ4n) is 5.28. The smallest absolute Gasteiger partial charge is 0.416 e. The first-order chi connectivity index (χ1) is 18.0. The predicted octanol–water partition coefficient (Wildman–Crippen LogP) is 6.83. The lowest BCUT2D eigenvalue weighted by molar-refractivity contribution is 0.0255. The molecule has 0 aliphatic carbocycles. The molecule has 1 saturated heterocycles. The zero-order valence-corrected chi connectivity index (χ0v) is 21.5. The minimum absolute atomic E-state index is 0.167. The summed E-state index contributed by atoms with van der Waals surface area (Å²) in [6.07, 6.45) is 2.28. The van der Waals surface area contributed by atoms with E-state index in [2.05, 4.69) is 4.98 Å². The van der Waals surface area contributed by atoms with Crippen molar-refractivity contribution >= 4 is 28.6 Å². The fourth-order valence-corrected chi connectivity index (χ4v) is 5.46. The number of hydrogen-bond donors (Lipinski definition) is 1. The van der Waals surface area contributed by atoms with Gasteiger partial charge in [0.1, 0.15) is 23.6 Å². The van der Waals surface area contributed by atoms with Crippen LogP contribution in [0.4, 0.5) is 4.79 Å². The van der Waals surface area contributed by atoms with Gasteiger partial charge in [0.15, 0.2) is 0 Å². The van der Waals surface area contributed by atoms with E-state index in [1.807, 2.05) is 73.7 Å². The normalized spacial score (nSPS) is 18.0. The summed E-state index contributed by atoms with van der Waals surface area (Å²) in [5.41, 5.74) is 5.28. The molecule has 0 saturated carbocycles. The van der Waals surface area contributed by atoms with Gasteiger partial charge in [-0.25, -0.2) is 4.79 Å². The first-order valence-corrected chi connectivity index (χ1v) is 13.1. The van der Waals surface area contributed by atoms with Crippen LogP contribution in [0.3, 0.4) is 0 Å². The number of aromatic nitrogens is 1. The molecule has 4 aromatic rings. The van der Waals surface area contributed by atoms with Crippen LogP contribution < -0.4 is 9.47 Å². The molecule has 3 heterocycles. The first-order valence-electron chi connectivity index (χ1n) is 12.7. The lowest BCUT2D eigenvalue weighted by atomic mass is 9.92. The minimum Gasteiger partial charge on any atom is -0.490 e. The van der Waals surface area contributed by atoms with E-state index in [9.17, 15) is 4.79 Å². The molecule has 37 heavy (non-hydrogen) atoms. The summed E-state index contributed by atoms with van der Waals surface area (Å²) in [5.74, 6) is 1.35. The highest BCUT2D eigenvalue weighted by molar-refractivity contribution is 6.31. The van der Waals surface area contributed by atoms with E-state index in [1.165, 1.54) is 5.56 Å². The molecule has 1 N–H and O–H groups in total. The quantitative estimate of drug-likeness (QED) is 0.323. The van der Waals surface area contributed by atoms with Crippen LogP contribution >= 0.6 is 11.6 Å². The number of fused-ring (bicyclic) bond motifs is 3. The molecule has 3 aromatic carbocycles. The molecular formula is C30H29ClN2O4. The number of aryl methyl sites for hydroxylation is 1. The summed E-state index contributed by atoms with van der Waals surface area (Å²) in [6.45, 7) is 4.00. The van der Waals surface area contributed by atoms with Gasteiger partial charge in [-0.1, -0.05) is 41.4 Å². The summed E-state index contributed by atoms with van der Waals surface area (Å²) in [6, 6.07) is 21.1. The van der Waals surface area contributed by atoms with Crippen LogP contribution in [0.1, 0.15) is 41.3 Å². The van der Waals surface area contributed by atoms with E-state index >= 15 is 0 Å². The lowest BCUT2D eigenvalue weighted by Gasteiger charge is -2.35. The molecule has 0 spiro atoms. The Kier molecular flexibility index (Phi) is 6.53. The molecule has 1 fully saturated rings. The number of ether oxygens (including phenoxy) is 3. The highest BCUT2D eigenvalue weighted by Gasteiger charge is 2.36. The highest BCUT2D eigenvalue weighted by Crippen LogP contribution is 2.40. The van der Waals surface area contributed by atoms with Gasteiger partial charge in [0, 0.05) is 41.0 Å². The molecule has 1 amide bonds. The molecule has 0 radical (unpaired) electrons. The van der Waals surface area contributed by atoms with Crippen molar-refractivity contribution in [2.24, 2.45) is 0 Å². The van der Waals surface area contributed by atoms with Gasteiger partial charge in [0.2, 0.25) is 0 Å². The Balaban J connectivity index is 1.34. The summed E-state index contributed by atoms with van der Waals surface area (Å²) in [7, 11) is 0. The van der Waals surface area contributed by atoms with E-state index < -0.39 is 0 Å². The molecule has 6 nitrogen and oxygen atoms in total. The topological polar surface area (TPSA) is 63.8 Å². The summed E-state index contributed by atoms with van der Waals surface area (Å²) in [5, 5.41) is 1.79. The summed E-state index contributed by atoms with van der Waals surface area (Å²) >= 11 is 6.33. The van der Waals surface area contributed by atoms with Crippen molar-refractivity contribution in [3.05, 3.63) is 94.1 Å². The molecule has 2 aliphatic rings. The van der Waals surface area contributed by atoms with Gasteiger partial charge in [-0.3, -0.25) is 4.90 Å². The van der Waals surface area contributed by atoms with Crippen LogP contribution in [0.15, 0.2) is 66.7 Å². The van der Waals surface area contributed by atoms with Gasteiger partial charge in [-0.05, 0) is 66.9 Å². The first kappa shape index (κ1) is 23.9. The van der Waals surface area contributed by atoms with E-state index in [4.69, 9.17) is 25.8 Å². The third-order valence-electron chi connectivity index (χ3n) is 7.22. The molecule has 1 atom stereocenters. The second-order valence-corrected chi connectivity index (χ2v) is 10.2. The number of nitrogens with zero attached hydrogens (tertiary/aromatic N) is 1. The van der Waals surface area contributed by atoms with Gasteiger partial charge < -0.3 is 19.2 Å². The number of carbonyl (C=O) groups is 1. The van der Waals surface area contributed by atoms with Crippen LogP contribution in [-0.4, -0.2) is 41.8 Å². The van der Waals surface area contributed by atoms with Gasteiger partial charge in [0.05, 0.1) is 13.2 Å². The zero-order chi connectivity index (χ0) is 25.4. The van der Waals surface area contributed by atoms with Gasteiger partial charge >= 0.3 is 6.09 Å². The molecular weight excluding hydrogens is 488 g/mol. The number of hydrogen-bond acceptors (Lipinski definition) is 4. The number of rotatable bonds is 4. The maximum absolute atomic E-state index is 13.5. The Bertz CT molecular complexity index is 1410. The average Bonchev–Trinajstić information content (AvgIpc) is 3.28. The number of aromatic amines is 1. The number of carbonyl (C=O) groups excluding carboxylic acids is 1. The molecule has 190 valence electrons. The fraction of sp³-hybridized carbons (Fsp3) is 0.300. The number of nitrogens with one attached hydrogen (secondary N) is 1. The Hall–Kier alpha value is -3.48. The summed E-state index contributed by atoms with van der Waals surface area (Å²) in [4.78, 5) is 18.9. The molecule has 0 unspecified atom stereocenters. The Morgan fingerprint density at radius 2 is 1.73 bits per heavy atom. The Morgan fingerprint density at radius 3 is 2.49 bits per heavy atom. The minimum atomic E-state index is -0.376. The average molecular weight is 517 g/mol. The summed E-state index contributed by atoms with van der Waals surface area (Å²) < 4.78 is 17.4. The van der Waals surface area contributed by atoms with Crippen molar-refractivity contribution in [1.82, 2.24) is 9.88 Å². The van der Waals surface area contributed by atoms with Crippen LogP contribution in [0, 0.1) is 6.92 Å². The molecule has 2 aliphatic heterocycles. The zero-order valence-electron chi connectivity index (χ0n) is 20.7. The van der Waals surface area contributed by atoms with Crippen molar-refractivity contribution < 1.29 is 19.0 Å². The van der Waals surface area contributed by atoms with Crippen LogP contribution in [0.25, 0.3) is 10.9 Å².